The molecule has 1 aromatic rings. The van der Waals surface area contributed by atoms with Gasteiger partial charge in [0.15, 0.2) is 0 Å². The molecule has 1 saturated carbocycles. The minimum atomic E-state index is 0.549. The molecule has 1 aromatic carbocycles. The van der Waals surface area contributed by atoms with Gasteiger partial charge in [0.2, 0.25) is 0 Å². The summed E-state index contributed by atoms with van der Waals surface area (Å²) in [5.41, 5.74) is 1.09. The second kappa shape index (κ2) is 7.52. The Kier molecular flexibility index (Phi) is 6.00. The lowest BCUT2D eigenvalue weighted by Crippen LogP contribution is -2.33. The van der Waals surface area contributed by atoms with Crippen LogP contribution in [0.25, 0.3) is 0 Å². The second-order valence-corrected chi connectivity index (χ2v) is 6.50. The summed E-state index contributed by atoms with van der Waals surface area (Å²) in [6.45, 7) is 3.10. The van der Waals surface area contributed by atoms with E-state index in [1.165, 1.54) is 38.5 Å². The van der Waals surface area contributed by atoms with E-state index in [2.05, 4.69) is 12.2 Å². The third-order valence-corrected chi connectivity index (χ3v) is 4.83. The van der Waals surface area contributed by atoms with Crippen molar-refractivity contribution >= 4 is 23.2 Å². The number of rotatable bonds is 4. The highest BCUT2D eigenvalue weighted by molar-refractivity contribution is 6.33. The molecule has 0 radical (unpaired) electrons. The fraction of sp³-hybridized carbons (Fsp3) is 0.625. The Labute approximate surface area is 126 Å². The highest BCUT2D eigenvalue weighted by Gasteiger charge is 2.18. The first-order chi connectivity index (χ1) is 9.16. The third-order valence-electron chi connectivity index (χ3n) is 4.23. The first-order valence-electron chi connectivity index (χ1n) is 7.34. The molecular weight excluding hydrogens is 277 g/mol. The van der Waals surface area contributed by atoms with Gasteiger partial charge in [0.25, 0.3) is 0 Å². The molecule has 1 atom stereocenters. The molecule has 2 rings (SSSR count). The molecule has 1 nitrogen and oxygen atoms in total. The number of nitrogens with one attached hydrogen (secondary N) is 1. The van der Waals surface area contributed by atoms with Crippen molar-refractivity contribution in [1.29, 1.82) is 0 Å². The van der Waals surface area contributed by atoms with E-state index < -0.39 is 0 Å². The van der Waals surface area contributed by atoms with Crippen molar-refractivity contribution in [3.8, 4) is 0 Å². The van der Waals surface area contributed by atoms with Gasteiger partial charge in [0.05, 0.1) is 0 Å². The van der Waals surface area contributed by atoms with Gasteiger partial charge >= 0.3 is 0 Å². The molecule has 19 heavy (non-hydrogen) atoms. The second-order valence-electron chi connectivity index (χ2n) is 5.66. The fourth-order valence-electron chi connectivity index (χ4n) is 2.93. The fourth-order valence-corrected chi connectivity index (χ4v) is 3.31. The zero-order valence-corrected chi connectivity index (χ0v) is 13.1. The number of hydrogen-bond acceptors (Lipinski definition) is 1. The maximum atomic E-state index is 6.19. The minimum Gasteiger partial charge on any atom is -0.310 e. The first-order valence-corrected chi connectivity index (χ1v) is 8.09. The molecule has 1 N–H and O–H groups in total. The maximum absolute atomic E-state index is 6.19. The Morgan fingerprint density at radius 1 is 1.16 bits per heavy atom. The Bertz CT molecular complexity index is 398. The number of halogens is 2. The molecule has 0 unspecified atom stereocenters. The van der Waals surface area contributed by atoms with Crippen LogP contribution < -0.4 is 5.32 Å². The summed E-state index contributed by atoms with van der Waals surface area (Å²) in [6, 6.07) is 6.21. The summed E-state index contributed by atoms with van der Waals surface area (Å²) >= 11 is 12.2. The van der Waals surface area contributed by atoms with Gasteiger partial charge < -0.3 is 5.32 Å². The summed E-state index contributed by atoms with van der Waals surface area (Å²) in [5, 5.41) is 5.17. The molecule has 0 bridgehead atoms. The van der Waals surface area contributed by atoms with Gasteiger partial charge in [0.1, 0.15) is 0 Å². The van der Waals surface area contributed by atoms with E-state index in [0.717, 1.165) is 28.1 Å². The van der Waals surface area contributed by atoms with Crippen LogP contribution in [-0.2, 0) is 6.54 Å². The molecule has 0 aromatic heterocycles. The molecule has 1 aliphatic rings. The molecule has 3 heteroatoms. The quantitative estimate of drug-likeness (QED) is 0.730. The Hall–Kier alpha value is -0.240. The first kappa shape index (κ1) is 15.2. The van der Waals surface area contributed by atoms with Crippen molar-refractivity contribution in [1.82, 2.24) is 5.32 Å². The summed E-state index contributed by atoms with van der Waals surface area (Å²) in [4.78, 5) is 0. The van der Waals surface area contributed by atoms with Crippen LogP contribution in [0.1, 0.15) is 51.0 Å². The lowest BCUT2D eigenvalue weighted by atomic mass is 9.93. The van der Waals surface area contributed by atoms with Gasteiger partial charge in [-0.25, -0.2) is 0 Å². The molecule has 0 aliphatic heterocycles. The summed E-state index contributed by atoms with van der Waals surface area (Å²) in [6.07, 6.45) is 8.30. The van der Waals surface area contributed by atoms with E-state index in [-0.39, 0.29) is 0 Å². The van der Waals surface area contributed by atoms with Crippen LogP contribution in [0.4, 0.5) is 0 Å². The highest BCUT2D eigenvalue weighted by Crippen LogP contribution is 2.26. The predicted octanol–water partition coefficient (Wildman–Crippen LogP) is 5.44. The van der Waals surface area contributed by atoms with Gasteiger partial charge in [-0.15, -0.1) is 0 Å². The van der Waals surface area contributed by atoms with Gasteiger partial charge in [-0.2, -0.15) is 0 Å². The summed E-state index contributed by atoms with van der Waals surface area (Å²) in [5.74, 6) is 0.806. The Morgan fingerprint density at radius 2 is 1.84 bits per heavy atom. The van der Waals surface area contributed by atoms with E-state index in [0.29, 0.717) is 6.04 Å². The van der Waals surface area contributed by atoms with Crippen molar-refractivity contribution in [2.75, 3.05) is 0 Å². The molecule has 1 aliphatic carbocycles. The summed E-state index contributed by atoms with van der Waals surface area (Å²) in [7, 11) is 0. The summed E-state index contributed by atoms with van der Waals surface area (Å²) < 4.78 is 0. The van der Waals surface area contributed by atoms with Crippen molar-refractivity contribution < 1.29 is 0 Å². The standard InChI is InChI=1S/C16H23Cl2N/c1-12(13-6-4-2-3-5-7-13)19-11-14-10-15(17)8-9-16(14)18/h8-10,12-13,19H,2-7,11H2,1H3/t12-/m0/s1. The van der Waals surface area contributed by atoms with E-state index >= 15 is 0 Å². The van der Waals surface area contributed by atoms with Crippen LogP contribution in [-0.4, -0.2) is 6.04 Å². The maximum Gasteiger partial charge on any atom is 0.0451 e. The van der Waals surface area contributed by atoms with Crippen LogP contribution >= 0.6 is 23.2 Å². The normalized spacial score (nSPS) is 19.1. The zero-order chi connectivity index (χ0) is 13.7. The van der Waals surface area contributed by atoms with Crippen molar-refractivity contribution in [2.24, 2.45) is 5.92 Å². The van der Waals surface area contributed by atoms with E-state index in [4.69, 9.17) is 23.2 Å². The smallest absolute Gasteiger partial charge is 0.0451 e. The van der Waals surface area contributed by atoms with E-state index in [9.17, 15) is 0 Å². The van der Waals surface area contributed by atoms with Crippen LogP contribution in [0.5, 0.6) is 0 Å². The molecule has 1 fully saturated rings. The van der Waals surface area contributed by atoms with E-state index in [1.54, 1.807) is 0 Å². The largest absolute Gasteiger partial charge is 0.310 e. The number of hydrogen-bond donors (Lipinski definition) is 1. The van der Waals surface area contributed by atoms with Crippen LogP contribution in [0, 0.1) is 5.92 Å². The Morgan fingerprint density at radius 3 is 2.53 bits per heavy atom. The average Bonchev–Trinajstić information content (AvgIpc) is 2.68. The highest BCUT2D eigenvalue weighted by atomic mass is 35.5. The minimum absolute atomic E-state index is 0.549. The van der Waals surface area contributed by atoms with Gasteiger partial charge in [-0.1, -0.05) is 48.9 Å². The molecule has 0 heterocycles. The molecule has 0 spiro atoms. The molecule has 0 saturated heterocycles. The zero-order valence-electron chi connectivity index (χ0n) is 11.6. The molecule has 106 valence electrons. The van der Waals surface area contributed by atoms with Crippen molar-refractivity contribution in [3.05, 3.63) is 33.8 Å². The average molecular weight is 300 g/mol. The monoisotopic (exact) mass is 299 g/mol. The van der Waals surface area contributed by atoms with Crippen LogP contribution in [0.2, 0.25) is 10.0 Å². The van der Waals surface area contributed by atoms with Gasteiger partial charge in [-0.05, 0) is 49.4 Å². The van der Waals surface area contributed by atoms with Gasteiger partial charge in [-0.3, -0.25) is 0 Å². The lowest BCUT2D eigenvalue weighted by molar-refractivity contribution is 0.336. The number of benzene rings is 1. The predicted molar refractivity (Wildman–Crippen MR) is 84.0 cm³/mol. The van der Waals surface area contributed by atoms with Crippen molar-refractivity contribution in [2.45, 2.75) is 58.0 Å². The van der Waals surface area contributed by atoms with Crippen molar-refractivity contribution in [3.63, 3.8) is 0 Å². The molecule has 0 amide bonds. The van der Waals surface area contributed by atoms with E-state index in [1.807, 2.05) is 18.2 Å². The van der Waals surface area contributed by atoms with Crippen LogP contribution in [0.3, 0.4) is 0 Å². The SMILES string of the molecule is C[C@H](NCc1cc(Cl)ccc1Cl)C1CCCCCC1. The Balaban J connectivity index is 1.88. The lowest BCUT2D eigenvalue weighted by Gasteiger charge is -2.24. The molecular formula is C16H23Cl2N. The topological polar surface area (TPSA) is 12.0 Å². The van der Waals surface area contributed by atoms with Gasteiger partial charge in [0, 0.05) is 22.6 Å². The third kappa shape index (κ3) is 4.66. The van der Waals surface area contributed by atoms with Crippen LogP contribution in [0.15, 0.2) is 18.2 Å².